The standard InChI is InChI=1S/C18H28N2O3.ClH/c1-2-22-16-7-9-17(10-8-16)23-12-4-6-18(21)20-14-15-5-3-11-19-13-15;/h7-10,15,19H,2-6,11-14H2,1H3,(H,20,21);1H. The number of halogens is 1. The molecule has 5 nitrogen and oxygen atoms in total. The van der Waals surface area contributed by atoms with E-state index in [-0.39, 0.29) is 18.3 Å². The summed E-state index contributed by atoms with van der Waals surface area (Å²) in [5.74, 6) is 2.34. The summed E-state index contributed by atoms with van der Waals surface area (Å²) in [4.78, 5) is 11.8. The number of hydrogen-bond acceptors (Lipinski definition) is 4. The smallest absolute Gasteiger partial charge is 0.220 e. The van der Waals surface area contributed by atoms with Crippen LogP contribution in [0.4, 0.5) is 0 Å². The van der Waals surface area contributed by atoms with Crippen molar-refractivity contribution in [1.29, 1.82) is 0 Å². The van der Waals surface area contributed by atoms with E-state index in [1.807, 2.05) is 31.2 Å². The Hall–Kier alpha value is -1.46. The van der Waals surface area contributed by atoms with Gasteiger partial charge >= 0.3 is 0 Å². The molecule has 1 aromatic carbocycles. The molecule has 1 saturated heterocycles. The zero-order valence-electron chi connectivity index (χ0n) is 14.4. The highest BCUT2D eigenvalue weighted by Crippen LogP contribution is 2.17. The molecule has 1 fully saturated rings. The van der Waals surface area contributed by atoms with Crippen molar-refractivity contribution in [2.75, 3.05) is 32.8 Å². The Kier molecular flexibility index (Phi) is 10.3. The third-order valence-corrected chi connectivity index (χ3v) is 3.94. The van der Waals surface area contributed by atoms with Crippen molar-refractivity contribution < 1.29 is 14.3 Å². The van der Waals surface area contributed by atoms with Crippen LogP contribution < -0.4 is 20.1 Å². The van der Waals surface area contributed by atoms with Crippen LogP contribution in [-0.2, 0) is 4.79 Å². The topological polar surface area (TPSA) is 59.6 Å². The van der Waals surface area contributed by atoms with E-state index in [2.05, 4.69) is 10.6 Å². The molecule has 2 N–H and O–H groups in total. The summed E-state index contributed by atoms with van der Waals surface area (Å²) in [5.41, 5.74) is 0. The quantitative estimate of drug-likeness (QED) is 0.668. The number of carbonyl (C=O) groups is 1. The van der Waals surface area contributed by atoms with Crippen molar-refractivity contribution in [3.63, 3.8) is 0 Å². The van der Waals surface area contributed by atoms with E-state index in [4.69, 9.17) is 9.47 Å². The van der Waals surface area contributed by atoms with Crippen molar-refractivity contribution >= 4 is 18.3 Å². The first-order valence-electron chi connectivity index (χ1n) is 8.61. The van der Waals surface area contributed by atoms with Crippen LogP contribution in [0.5, 0.6) is 11.5 Å². The Morgan fingerprint density at radius 2 is 1.96 bits per heavy atom. The third-order valence-electron chi connectivity index (χ3n) is 3.94. The molecule has 1 aliphatic heterocycles. The minimum atomic E-state index is 0. The van der Waals surface area contributed by atoms with Crippen molar-refractivity contribution in [2.24, 2.45) is 5.92 Å². The molecule has 1 unspecified atom stereocenters. The molecule has 1 heterocycles. The summed E-state index contributed by atoms with van der Waals surface area (Å²) in [5, 5.41) is 6.38. The zero-order valence-corrected chi connectivity index (χ0v) is 15.2. The van der Waals surface area contributed by atoms with Crippen LogP contribution in [0.3, 0.4) is 0 Å². The van der Waals surface area contributed by atoms with Gasteiger partial charge in [0.25, 0.3) is 0 Å². The van der Waals surface area contributed by atoms with Gasteiger partial charge in [-0.25, -0.2) is 0 Å². The van der Waals surface area contributed by atoms with Crippen molar-refractivity contribution in [3.05, 3.63) is 24.3 Å². The minimum absolute atomic E-state index is 0. The Labute approximate surface area is 150 Å². The van der Waals surface area contributed by atoms with Crippen molar-refractivity contribution in [3.8, 4) is 11.5 Å². The van der Waals surface area contributed by atoms with E-state index < -0.39 is 0 Å². The number of piperidine rings is 1. The first kappa shape index (κ1) is 20.6. The number of nitrogens with one attached hydrogen (secondary N) is 2. The monoisotopic (exact) mass is 356 g/mol. The maximum Gasteiger partial charge on any atom is 0.220 e. The number of hydrogen-bond donors (Lipinski definition) is 2. The van der Waals surface area contributed by atoms with Gasteiger partial charge in [0.05, 0.1) is 13.2 Å². The van der Waals surface area contributed by atoms with Crippen LogP contribution in [0.25, 0.3) is 0 Å². The van der Waals surface area contributed by atoms with Gasteiger partial charge in [-0.1, -0.05) is 0 Å². The largest absolute Gasteiger partial charge is 0.494 e. The van der Waals surface area contributed by atoms with Gasteiger partial charge in [-0.2, -0.15) is 0 Å². The maximum absolute atomic E-state index is 11.8. The SMILES string of the molecule is CCOc1ccc(OCCCC(=O)NCC2CCCNC2)cc1.Cl. The van der Waals surface area contributed by atoms with E-state index in [1.165, 1.54) is 12.8 Å². The van der Waals surface area contributed by atoms with Crippen LogP contribution in [-0.4, -0.2) is 38.8 Å². The van der Waals surface area contributed by atoms with E-state index in [1.54, 1.807) is 0 Å². The molecule has 1 aliphatic rings. The van der Waals surface area contributed by atoms with Crippen molar-refractivity contribution in [1.82, 2.24) is 10.6 Å². The molecule has 1 amide bonds. The van der Waals surface area contributed by atoms with Crippen LogP contribution in [0, 0.1) is 5.92 Å². The second kappa shape index (κ2) is 12.0. The second-order valence-corrected chi connectivity index (χ2v) is 5.87. The first-order valence-corrected chi connectivity index (χ1v) is 8.61. The Balaban J connectivity index is 0.00000288. The van der Waals surface area contributed by atoms with Gasteiger partial charge in [-0.05, 0) is 69.5 Å². The summed E-state index contributed by atoms with van der Waals surface area (Å²) in [6.45, 7) is 6.07. The van der Waals surface area contributed by atoms with E-state index in [0.29, 0.717) is 25.6 Å². The van der Waals surface area contributed by atoms with E-state index >= 15 is 0 Å². The third kappa shape index (κ3) is 7.88. The molecular weight excluding hydrogens is 328 g/mol. The first-order chi connectivity index (χ1) is 11.3. The van der Waals surface area contributed by atoms with Crippen molar-refractivity contribution in [2.45, 2.75) is 32.6 Å². The van der Waals surface area contributed by atoms with E-state index in [9.17, 15) is 4.79 Å². The summed E-state index contributed by atoms with van der Waals surface area (Å²) in [7, 11) is 0. The molecule has 6 heteroatoms. The lowest BCUT2D eigenvalue weighted by molar-refractivity contribution is -0.121. The lowest BCUT2D eigenvalue weighted by Gasteiger charge is -2.22. The Morgan fingerprint density at radius 1 is 1.25 bits per heavy atom. The highest BCUT2D eigenvalue weighted by molar-refractivity contribution is 5.85. The average molecular weight is 357 g/mol. The maximum atomic E-state index is 11.8. The summed E-state index contributed by atoms with van der Waals surface area (Å²) in [6, 6.07) is 7.57. The molecule has 1 atom stereocenters. The fraction of sp³-hybridized carbons (Fsp3) is 0.611. The predicted molar refractivity (Wildman–Crippen MR) is 98.2 cm³/mol. The molecule has 0 saturated carbocycles. The molecule has 136 valence electrons. The van der Waals surface area contributed by atoms with Gasteiger partial charge in [0.15, 0.2) is 0 Å². The normalized spacial score (nSPS) is 16.8. The predicted octanol–water partition coefficient (Wildman–Crippen LogP) is 2.78. The minimum Gasteiger partial charge on any atom is -0.494 e. The summed E-state index contributed by atoms with van der Waals surface area (Å²) >= 11 is 0. The molecule has 0 radical (unpaired) electrons. The van der Waals surface area contributed by atoms with Gasteiger partial charge in [-0.3, -0.25) is 4.79 Å². The van der Waals surface area contributed by atoms with Gasteiger partial charge in [0, 0.05) is 13.0 Å². The van der Waals surface area contributed by atoms with Crippen LogP contribution in [0.1, 0.15) is 32.6 Å². The molecule has 0 aliphatic carbocycles. The highest BCUT2D eigenvalue weighted by Gasteiger charge is 2.13. The lowest BCUT2D eigenvalue weighted by atomic mass is 10.00. The molecule has 0 bridgehead atoms. The molecule has 1 aromatic rings. The molecule has 24 heavy (non-hydrogen) atoms. The van der Waals surface area contributed by atoms with Gasteiger partial charge < -0.3 is 20.1 Å². The summed E-state index contributed by atoms with van der Waals surface area (Å²) < 4.78 is 11.0. The van der Waals surface area contributed by atoms with Crippen LogP contribution in [0.2, 0.25) is 0 Å². The van der Waals surface area contributed by atoms with Gasteiger partial charge in [-0.15, -0.1) is 12.4 Å². The van der Waals surface area contributed by atoms with Crippen LogP contribution >= 0.6 is 12.4 Å². The van der Waals surface area contributed by atoms with Gasteiger partial charge in [0.1, 0.15) is 11.5 Å². The Bertz CT molecular complexity index is 462. The Morgan fingerprint density at radius 3 is 2.58 bits per heavy atom. The molecular formula is C18H29ClN2O3. The van der Waals surface area contributed by atoms with E-state index in [0.717, 1.165) is 37.6 Å². The molecule has 0 spiro atoms. The summed E-state index contributed by atoms with van der Waals surface area (Å²) in [6.07, 6.45) is 3.64. The fourth-order valence-corrected chi connectivity index (χ4v) is 2.67. The lowest BCUT2D eigenvalue weighted by Crippen LogP contribution is -2.38. The van der Waals surface area contributed by atoms with Crippen LogP contribution in [0.15, 0.2) is 24.3 Å². The fourth-order valence-electron chi connectivity index (χ4n) is 2.67. The average Bonchev–Trinajstić information content (AvgIpc) is 2.59. The number of benzene rings is 1. The van der Waals surface area contributed by atoms with Gasteiger partial charge in [0.2, 0.25) is 5.91 Å². The highest BCUT2D eigenvalue weighted by atomic mass is 35.5. The number of amides is 1. The number of ether oxygens (including phenoxy) is 2. The second-order valence-electron chi connectivity index (χ2n) is 5.87. The molecule has 2 rings (SSSR count). The number of carbonyl (C=O) groups excluding carboxylic acids is 1. The number of rotatable bonds is 9. The zero-order chi connectivity index (χ0) is 16.3. The molecule has 0 aromatic heterocycles.